The van der Waals surface area contributed by atoms with Crippen LogP contribution in [0.5, 0.6) is 0 Å². The Labute approximate surface area is 197 Å². The van der Waals surface area contributed by atoms with Crippen molar-refractivity contribution in [3.63, 3.8) is 0 Å². The number of carbonyl (C=O) groups is 4. The van der Waals surface area contributed by atoms with Crippen molar-refractivity contribution in [2.75, 3.05) is 6.61 Å². The van der Waals surface area contributed by atoms with Crippen LogP contribution >= 0.6 is 0 Å². The molecule has 1 aromatic carbocycles. The Kier molecular flexibility index (Phi) is 6.55. The molecule has 0 saturated carbocycles. The summed E-state index contributed by atoms with van der Waals surface area (Å²) < 4.78 is 17.5. The van der Waals surface area contributed by atoms with Crippen LogP contribution in [0.2, 0.25) is 0 Å². The van der Waals surface area contributed by atoms with Crippen molar-refractivity contribution < 1.29 is 33.4 Å². The molecule has 0 aliphatic rings. The van der Waals surface area contributed by atoms with Crippen molar-refractivity contribution in [1.29, 1.82) is 0 Å². The molecular weight excluding hydrogens is 438 g/mol. The lowest BCUT2D eigenvalue weighted by Crippen LogP contribution is -2.29. The molecule has 3 rings (SSSR count). The van der Waals surface area contributed by atoms with Crippen molar-refractivity contribution >= 4 is 40.0 Å². The smallest absolute Gasteiger partial charge is 0.379 e. The van der Waals surface area contributed by atoms with E-state index < -0.39 is 34.9 Å². The summed E-state index contributed by atoms with van der Waals surface area (Å²) >= 11 is 0. The zero-order chi connectivity index (χ0) is 25.4. The summed E-state index contributed by atoms with van der Waals surface area (Å²) in [6, 6.07) is 8.88. The summed E-state index contributed by atoms with van der Waals surface area (Å²) in [5.41, 5.74) is -2.38. The summed E-state index contributed by atoms with van der Waals surface area (Å²) in [7, 11) is 0. The number of fused-ring (bicyclic) bond motifs is 3. The van der Waals surface area contributed by atoms with Crippen LogP contribution in [-0.4, -0.2) is 45.9 Å². The second kappa shape index (κ2) is 8.93. The fraction of sp³-hybridized carbons (Fsp3) is 0.385. The molecule has 8 nitrogen and oxygen atoms in total. The van der Waals surface area contributed by atoms with Gasteiger partial charge in [-0.1, -0.05) is 24.3 Å². The summed E-state index contributed by atoms with van der Waals surface area (Å²) in [6.45, 7) is 11.6. The van der Waals surface area contributed by atoms with E-state index in [9.17, 15) is 19.2 Å². The summed E-state index contributed by atoms with van der Waals surface area (Å²) in [6.07, 6.45) is 1.56. The highest BCUT2D eigenvalue weighted by atomic mass is 16.6. The fourth-order valence-corrected chi connectivity index (χ4v) is 3.59. The van der Waals surface area contributed by atoms with Gasteiger partial charge in [-0.2, -0.15) is 0 Å². The first-order chi connectivity index (χ1) is 15.7. The normalized spacial score (nSPS) is 12.0. The van der Waals surface area contributed by atoms with Gasteiger partial charge in [0.05, 0.1) is 17.7 Å². The first kappa shape index (κ1) is 25.0. The molecule has 0 saturated heterocycles. The fourth-order valence-electron chi connectivity index (χ4n) is 3.59. The molecule has 0 aliphatic heterocycles. The Hall–Kier alpha value is -3.68. The SMILES string of the molecule is CCOC(=O)C(=O)c1c(C(=O)OC(C)(C)C)c(C(=O)OC(C)(C)C)n2ccc3ccccc3c12. The number of benzene rings is 1. The Morgan fingerprint density at radius 3 is 2.00 bits per heavy atom. The number of ether oxygens (including phenoxy) is 3. The maximum absolute atomic E-state index is 13.4. The van der Waals surface area contributed by atoms with Crippen molar-refractivity contribution in [2.24, 2.45) is 0 Å². The van der Waals surface area contributed by atoms with E-state index in [-0.39, 0.29) is 28.9 Å². The van der Waals surface area contributed by atoms with Gasteiger partial charge in [0, 0.05) is 11.6 Å². The molecule has 0 N–H and O–H groups in total. The topological polar surface area (TPSA) is 100 Å². The average molecular weight is 468 g/mol. The minimum atomic E-state index is -1.14. The third kappa shape index (κ3) is 4.95. The number of hydrogen-bond acceptors (Lipinski definition) is 7. The number of Topliss-reactive ketones (excluding diaryl/α,β-unsaturated/α-hetero) is 1. The van der Waals surface area contributed by atoms with Crippen LogP contribution in [0.1, 0.15) is 79.7 Å². The highest BCUT2D eigenvalue weighted by Crippen LogP contribution is 2.33. The monoisotopic (exact) mass is 467 g/mol. The van der Waals surface area contributed by atoms with Crippen LogP contribution in [0, 0.1) is 0 Å². The Balaban J connectivity index is 2.49. The van der Waals surface area contributed by atoms with Gasteiger partial charge >= 0.3 is 17.9 Å². The average Bonchev–Trinajstić information content (AvgIpc) is 3.07. The van der Waals surface area contributed by atoms with E-state index in [1.807, 2.05) is 12.1 Å². The van der Waals surface area contributed by atoms with Gasteiger partial charge in [-0.05, 0) is 59.9 Å². The predicted molar refractivity (Wildman–Crippen MR) is 126 cm³/mol. The Morgan fingerprint density at radius 1 is 0.824 bits per heavy atom. The van der Waals surface area contributed by atoms with E-state index in [2.05, 4.69) is 0 Å². The number of nitrogens with zero attached hydrogens (tertiary/aromatic N) is 1. The molecule has 180 valence electrons. The van der Waals surface area contributed by atoms with Crippen LogP contribution < -0.4 is 0 Å². The van der Waals surface area contributed by atoms with Gasteiger partial charge in [-0.25, -0.2) is 14.4 Å². The number of pyridine rings is 1. The Bertz CT molecular complexity index is 1300. The van der Waals surface area contributed by atoms with Crippen LogP contribution in [-0.2, 0) is 19.0 Å². The Morgan fingerprint density at radius 2 is 1.41 bits per heavy atom. The molecule has 0 fully saturated rings. The molecule has 8 heteroatoms. The number of hydrogen-bond donors (Lipinski definition) is 0. The zero-order valence-electron chi connectivity index (χ0n) is 20.5. The molecule has 0 unspecified atom stereocenters. The molecule has 3 aromatic rings. The molecule has 0 atom stereocenters. The van der Waals surface area contributed by atoms with E-state index in [0.717, 1.165) is 5.39 Å². The number of ketones is 1. The quantitative estimate of drug-likeness (QED) is 0.231. The van der Waals surface area contributed by atoms with Gasteiger partial charge in [0.2, 0.25) is 0 Å². The van der Waals surface area contributed by atoms with Gasteiger partial charge in [0.15, 0.2) is 0 Å². The minimum absolute atomic E-state index is 0.0300. The summed E-state index contributed by atoms with van der Waals surface area (Å²) in [5.74, 6) is -3.94. The largest absolute Gasteiger partial charge is 0.460 e. The lowest BCUT2D eigenvalue weighted by molar-refractivity contribution is -0.137. The van der Waals surface area contributed by atoms with Gasteiger partial charge in [0.1, 0.15) is 22.5 Å². The zero-order valence-corrected chi connectivity index (χ0v) is 20.5. The second-order valence-corrected chi connectivity index (χ2v) is 9.77. The lowest BCUT2D eigenvalue weighted by atomic mass is 10.0. The van der Waals surface area contributed by atoms with E-state index in [4.69, 9.17) is 14.2 Å². The van der Waals surface area contributed by atoms with Crippen molar-refractivity contribution in [3.05, 3.63) is 53.3 Å². The van der Waals surface area contributed by atoms with Gasteiger partial charge in [-0.15, -0.1) is 0 Å². The second-order valence-electron chi connectivity index (χ2n) is 9.77. The van der Waals surface area contributed by atoms with Gasteiger partial charge in [-0.3, -0.25) is 4.79 Å². The third-order valence-electron chi connectivity index (χ3n) is 4.71. The predicted octanol–water partition coefficient (Wildman–Crippen LogP) is 4.75. The van der Waals surface area contributed by atoms with Crippen LogP contribution in [0.15, 0.2) is 36.5 Å². The highest BCUT2D eigenvalue weighted by molar-refractivity contribution is 6.45. The van der Waals surface area contributed by atoms with Gasteiger partial charge in [0.25, 0.3) is 5.78 Å². The maximum Gasteiger partial charge on any atom is 0.379 e. The van der Waals surface area contributed by atoms with Crippen molar-refractivity contribution in [3.8, 4) is 0 Å². The molecule has 0 bridgehead atoms. The van der Waals surface area contributed by atoms with E-state index >= 15 is 0 Å². The summed E-state index contributed by atoms with van der Waals surface area (Å²) in [5, 5.41) is 1.31. The first-order valence-electron chi connectivity index (χ1n) is 11.0. The molecule has 0 spiro atoms. The summed E-state index contributed by atoms with van der Waals surface area (Å²) in [4.78, 5) is 52.7. The number of rotatable bonds is 5. The van der Waals surface area contributed by atoms with Crippen molar-refractivity contribution in [2.45, 2.75) is 59.7 Å². The van der Waals surface area contributed by atoms with E-state index in [0.29, 0.717) is 5.39 Å². The maximum atomic E-state index is 13.4. The number of carbonyl (C=O) groups excluding carboxylic acids is 4. The molecule has 0 radical (unpaired) electrons. The standard InChI is InChI=1S/C26H29NO7/c1-8-32-24(31)21(28)17-18(22(29)33-25(2,3)4)20(23(30)34-26(5,6)7)27-14-13-15-11-9-10-12-16(15)19(17)27/h9-14H,8H2,1-7H3. The highest BCUT2D eigenvalue weighted by Gasteiger charge is 2.38. The minimum Gasteiger partial charge on any atom is -0.460 e. The van der Waals surface area contributed by atoms with Crippen LogP contribution in [0.4, 0.5) is 0 Å². The number of aromatic nitrogens is 1. The van der Waals surface area contributed by atoms with Crippen LogP contribution in [0.3, 0.4) is 0 Å². The van der Waals surface area contributed by atoms with Crippen molar-refractivity contribution in [1.82, 2.24) is 4.40 Å². The molecule has 34 heavy (non-hydrogen) atoms. The van der Waals surface area contributed by atoms with Crippen LogP contribution in [0.25, 0.3) is 16.3 Å². The first-order valence-corrected chi connectivity index (χ1v) is 11.0. The molecular formula is C26H29NO7. The third-order valence-corrected chi connectivity index (χ3v) is 4.71. The molecule has 0 amide bonds. The van der Waals surface area contributed by atoms with E-state index in [1.54, 1.807) is 72.9 Å². The molecule has 0 aliphatic carbocycles. The lowest BCUT2D eigenvalue weighted by Gasteiger charge is -2.22. The number of esters is 3. The van der Waals surface area contributed by atoms with E-state index in [1.165, 1.54) is 4.40 Å². The molecule has 2 aromatic heterocycles. The molecule has 2 heterocycles. The van der Waals surface area contributed by atoms with Gasteiger partial charge < -0.3 is 18.6 Å².